The first-order chi connectivity index (χ1) is 13.2. The Kier molecular flexibility index (Phi) is 4.11. The highest BCUT2D eigenvalue weighted by atomic mass is 32.1. The van der Waals surface area contributed by atoms with Crippen LogP contribution < -0.4 is 4.90 Å². The molecule has 1 saturated heterocycles. The molecule has 3 aromatic rings. The van der Waals surface area contributed by atoms with Gasteiger partial charge in [0.2, 0.25) is 0 Å². The van der Waals surface area contributed by atoms with E-state index in [9.17, 15) is 4.79 Å². The van der Waals surface area contributed by atoms with Gasteiger partial charge in [-0.15, -0.1) is 11.3 Å². The predicted octanol–water partition coefficient (Wildman–Crippen LogP) is 2.94. The molecular formula is C20H23N5OS. The van der Waals surface area contributed by atoms with Crippen LogP contribution in [0.2, 0.25) is 0 Å². The van der Waals surface area contributed by atoms with Crippen molar-refractivity contribution < 1.29 is 4.79 Å². The number of nitrogens with zero attached hydrogens (tertiary/aromatic N) is 5. The van der Waals surface area contributed by atoms with E-state index >= 15 is 0 Å². The number of aryl methyl sites for hydroxylation is 3. The van der Waals surface area contributed by atoms with Crippen molar-refractivity contribution in [3.8, 4) is 0 Å². The van der Waals surface area contributed by atoms with Crippen LogP contribution in [0.4, 0.5) is 5.82 Å². The lowest BCUT2D eigenvalue weighted by Gasteiger charge is -2.35. The Labute approximate surface area is 162 Å². The SMILES string of the molecule is Cc1ccc(C(=O)N2CCN(c3nccn4nc5c(c34)CCCC5)CC2)s1. The molecule has 0 saturated carbocycles. The fourth-order valence-corrected chi connectivity index (χ4v) is 5.04. The second-order valence-corrected chi connectivity index (χ2v) is 8.65. The van der Waals surface area contributed by atoms with E-state index in [0.717, 1.165) is 49.7 Å². The van der Waals surface area contributed by atoms with Gasteiger partial charge in [0.25, 0.3) is 5.91 Å². The second kappa shape index (κ2) is 6.64. The Morgan fingerprint density at radius 1 is 1.11 bits per heavy atom. The molecule has 2 aliphatic rings. The minimum Gasteiger partial charge on any atom is -0.351 e. The summed E-state index contributed by atoms with van der Waals surface area (Å²) < 4.78 is 2.00. The van der Waals surface area contributed by atoms with Crippen molar-refractivity contribution >= 4 is 28.6 Å². The fourth-order valence-electron chi connectivity index (χ4n) is 4.20. The van der Waals surface area contributed by atoms with Gasteiger partial charge in [0.15, 0.2) is 5.82 Å². The maximum absolute atomic E-state index is 12.7. The molecule has 1 aliphatic carbocycles. The first kappa shape index (κ1) is 16.7. The van der Waals surface area contributed by atoms with Gasteiger partial charge in [-0.2, -0.15) is 5.10 Å². The number of carbonyl (C=O) groups is 1. The minimum atomic E-state index is 0.153. The molecule has 0 N–H and O–H groups in total. The van der Waals surface area contributed by atoms with E-state index in [0.29, 0.717) is 0 Å². The highest BCUT2D eigenvalue weighted by Crippen LogP contribution is 2.30. The van der Waals surface area contributed by atoms with Gasteiger partial charge in [-0.05, 0) is 44.7 Å². The zero-order valence-corrected chi connectivity index (χ0v) is 16.3. The molecular weight excluding hydrogens is 358 g/mol. The van der Waals surface area contributed by atoms with Crippen LogP contribution in [0, 0.1) is 6.92 Å². The minimum absolute atomic E-state index is 0.153. The van der Waals surface area contributed by atoms with E-state index in [4.69, 9.17) is 10.1 Å². The molecule has 6 nitrogen and oxygen atoms in total. The summed E-state index contributed by atoms with van der Waals surface area (Å²) in [5, 5.41) is 4.78. The van der Waals surface area contributed by atoms with Crippen molar-refractivity contribution in [1.82, 2.24) is 19.5 Å². The van der Waals surface area contributed by atoms with Crippen LogP contribution in [-0.4, -0.2) is 51.6 Å². The molecule has 0 unspecified atom stereocenters. The third-order valence-corrected chi connectivity index (χ3v) is 6.60. The molecule has 1 fully saturated rings. The standard InChI is InChI=1S/C20H23N5OS/c1-14-6-7-17(27-14)20(26)24-12-10-23(11-13-24)19-18-15-4-2-3-5-16(15)22-25(18)9-8-21-19/h6-9H,2-5,10-13H2,1H3. The molecule has 1 aliphatic heterocycles. The molecule has 5 rings (SSSR count). The molecule has 140 valence electrons. The van der Waals surface area contributed by atoms with Crippen molar-refractivity contribution in [2.75, 3.05) is 31.1 Å². The number of thiophene rings is 1. The average molecular weight is 382 g/mol. The number of anilines is 1. The van der Waals surface area contributed by atoms with E-state index in [-0.39, 0.29) is 5.91 Å². The van der Waals surface area contributed by atoms with Crippen LogP contribution in [0.5, 0.6) is 0 Å². The molecule has 0 spiro atoms. The van der Waals surface area contributed by atoms with Crippen molar-refractivity contribution in [2.45, 2.75) is 32.6 Å². The topological polar surface area (TPSA) is 53.7 Å². The number of amides is 1. The quantitative estimate of drug-likeness (QED) is 0.685. The van der Waals surface area contributed by atoms with Gasteiger partial charge in [0.05, 0.1) is 10.6 Å². The fraction of sp³-hybridized carbons (Fsp3) is 0.450. The summed E-state index contributed by atoms with van der Waals surface area (Å²) in [4.78, 5) is 23.7. The van der Waals surface area contributed by atoms with Gasteiger partial charge in [-0.25, -0.2) is 9.50 Å². The number of hydrogen-bond donors (Lipinski definition) is 0. The van der Waals surface area contributed by atoms with Crippen LogP contribution in [0.1, 0.15) is 38.6 Å². The largest absolute Gasteiger partial charge is 0.351 e. The summed E-state index contributed by atoms with van der Waals surface area (Å²) in [7, 11) is 0. The first-order valence-corrected chi connectivity index (χ1v) is 10.5. The summed E-state index contributed by atoms with van der Waals surface area (Å²) >= 11 is 1.58. The highest BCUT2D eigenvalue weighted by molar-refractivity contribution is 7.13. The molecule has 0 radical (unpaired) electrons. The van der Waals surface area contributed by atoms with E-state index in [1.807, 2.05) is 40.9 Å². The van der Waals surface area contributed by atoms with Crippen LogP contribution in [0.25, 0.3) is 5.52 Å². The normalized spacial score (nSPS) is 17.4. The smallest absolute Gasteiger partial charge is 0.264 e. The molecule has 0 aromatic carbocycles. The number of rotatable bonds is 2. The lowest BCUT2D eigenvalue weighted by Crippen LogP contribution is -2.49. The van der Waals surface area contributed by atoms with Gasteiger partial charge >= 0.3 is 0 Å². The molecule has 0 bridgehead atoms. The summed E-state index contributed by atoms with van der Waals surface area (Å²) in [6.45, 7) is 5.12. The van der Waals surface area contributed by atoms with Crippen LogP contribution in [0.3, 0.4) is 0 Å². The summed E-state index contributed by atoms with van der Waals surface area (Å²) in [5.74, 6) is 1.17. The number of piperazine rings is 1. The Morgan fingerprint density at radius 2 is 1.93 bits per heavy atom. The summed E-state index contributed by atoms with van der Waals surface area (Å²) in [5.41, 5.74) is 3.77. The lowest BCUT2D eigenvalue weighted by atomic mass is 9.97. The Morgan fingerprint density at radius 3 is 2.70 bits per heavy atom. The van der Waals surface area contributed by atoms with E-state index < -0.39 is 0 Å². The predicted molar refractivity (Wildman–Crippen MR) is 107 cm³/mol. The Hall–Kier alpha value is -2.41. The number of fused-ring (bicyclic) bond motifs is 3. The van der Waals surface area contributed by atoms with Crippen LogP contribution in [-0.2, 0) is 12.8 Å². The van der Waals surface area contributed by atoms with Gasteiger partial charge < -0.3 is 9.80 Å². The number of hydrogen-bond acceptors (Lipinski definition) is 5. The van der Waals surface area contributed by atoms with E-state index in [2.05, 4.69) is 4.90 Å². The molecule has 27 heavy (non-hydrogen) atoms. The van der Waals surface area contributed by atoms with Gasteiger partial charge in [0, 0.05) is 49.0 Å². The van der Waals surface area contributed by atoms with Crippen molar-refractivity contribution in [2.24, 2.45) is 0 Å². The molecule has 7 heteroatoms. The molecule has 0 atom stereocenters. The van der Waals surface area contributed by atoms with Gasteiger partial charge in [-0.1, -0.05) is 0 Å². The number of carbonyl (C=O) groups excluding carboxylic acids is 1. The first-order valence-electron chi connectivity index (χ1n) is 9.66. The van der Waals surface area contributed by atoms with Crippen LogP contribution in [0.15, 0.2) is 24.5 Å². The van der Waals surface area contributed by atoms with E-state index in [1.54, 1.807) is 11.3 Å². The molecule has 4 heterocycles. The highest BCUT2D eigenvalue weighted by Gasteiger charge is 2.27. The van der Waals surface area contributed by atoms with Gasteiger partial charge in [0.1, 0.15) is 5.52 Å². The molecule has 1 amide bonds. The number of aromatic nitrogens is 3. The van der Waals surface area contributed by atoms with Crippen molar-refractivity contribution in [3.05, 3.63) is 45.5 Å². The van der Waals surface area contributed by atoms with Crippen molar-refractivity contribution in [1.29, 1.82) is 0 Å². The second-order valence-electron chi connectivity index (χ2n) is 7.37. The van der Waals surface area contributed by atoms with Crippen molar-refractivity contribution in [3.63, 3.8) is 0 Å². The van der Waals surface area contributed by atoms with Crippen LogP contribution >= 0.6 is 11.3 Å². The lowest BCUT2D eigenvalue weighted by molar-refractivity contribution is 0.0751. The third kappa shape index (κ3) is 2.90. The van der Waals surface area contributed by atoms with E-state index in [1.165, 1.54) is 34.5 Å². The Bertz CT molecular complexity index is 999. The molecule has 3 aromatic heterocycles. The average Bonchev–Trinajstić information content (AvgIpc) is 3.31. The maximum atomic E-state index is 12.7. The Balaban J connectivity index is 1.38. The monoisotopic (exact) mass is 381 g/mol. The zero-order valence-electron chi connectivity index (χ0n) is 15.5. The van der Waals surface area contributed by atoms with Gasteiger partial charge in [-0.3, -0.25) is 4.79 Å². The third-order valence-electron chi connectivity index (χ3n) is 5.62. The summed E-state index contributed by atoms with van der Waals surface area (Å²) in [6.07, 6.45) is 8.41. The zero-order chi connectivity index (χ0) is 18.4. The summed E-state index contributed by atoms with van der Waals surface area (Å²) in [6, 6.07) is 3.96. The maximum Gasteiger partial charge on any atom is 0.264 e.